The molecule has 16 heteroatoms. The van der Waals surface area contributed by atoms with Gasteiger partial charge in [-0.25, -0.2) is 0 Å². The minimum absolute atomic E-state index is 0.0195. The van der Waals surface area contributed by atoms with Crippen molar-refractivity contribution in [2.45, 2.75) is 82.1 Å². The van der Waals surface area contributed by atoms with Gasteiger partial charge >= 0.3 is 11.9 Å². The van der Waals surface area contributed by atoms with Crippen molar-refractivity contribution in [3.63, 3.8) is 0 Å². The molecule has 3 aromatic rings. The Labute approximate surface area is 294 Å². The van der Waals surface area contributed by atoms with Crippen LogP contribution in [0.5, 0.6) is 0 Å². The molecule has 0 radical (unpaired) electrons. The number of hydrogen-bond donors (Lipinski definition) is 8. The number of nitrogens with two attached hydrogens (primary N) is 2. The molecule has 0 bridgehead atoms. The number of rotatable bonds is 20. The number of fused-ring (bicyclic) bond motifs is 1. The number of carboxylic acids is 2. The Balaban J connectivity index is 1.88. The second-order valence-corrected chi connectivity index (χ2v) is 12.2. The molecule has 0 spiro atoms. The number of unbranched alkanes of at least 4 members (excludes halogenated alkanes) is 1. The third-order valence-electron chi connectivity index (χ3n) is 8.35. The number of aromatic amines is 1. The molecule has 1 heterocycles. The zero-order valence-corrected chi connectivity index (χ0v) is 28.5. The Bertz CT molecular complexity index is 1710. The van der Waals surface area contributed by atoms with E-state index in [9.17, 15) is 38.7 Å². The van der Waals surface area contributed by atoms with Crippen molar-refractivity contribution in [3.05, 3.63) is 71.9 Å². The van der Waals surface area contributed by atoms with Crippen molar-refractivity contribution < 1.29 is 43.8 Å². The highest BCUT2D eigenvalue weighted by atomic mass is 16.4. The van der Waals surface area contributed by atoms with E-state index in [1.807, 2.05) is 25.1 Å². The highest BCUT2D eigenvalue weighted by Gasteiger charge is 2.36. The molecule has 16 nitrogen and oxygen atoms in total. The number of aromatic nitrogens is 1. The lowest BCUT2D eigenvalue weighted by molar-refractivity contribution is -0.145. The Kier molecular flexibility index (Phi) is 14.7. The summed E-state index contributed by atoms with van der Waals surface area (Å²) >= 11 is 0. The molecule has 3 rings (SSSR count). The number of likely N-dealkylation sites (N-methyl/N-ethyl adjacent to an activating group) is 1. The van der Waals surface area contributed by atoms with Gasteiger partial charge in [0, 0.05) is 37.0 Å². The quantitative estimate of drug-likeness (QED) is 0.0790. The first kappa shape index (κ1) is 39.7. The minimum Gasteiger partial charge on any atom is -0.481 e. The maximum atomic E-state index is 14.1. The molecule has 1 aromatic heterocycles. The minimum atomic E-state index is -1.64. The molecule has 0 fully saturated rings. The van der Waals surface area contributed by atoms with Crippen LogP contribution >= 0.6 is 0 Å². The van der Waals surface area contributed by atoms with Crippen LogP contribution < -0.4 is 27.4 Å². The van der Waals surface area contributed by atoms with Crippen molar-refractivity contribution in [1.29, 1.82) is 0 Å². The molecule has 274 valence electrons. The van der Waals surface area contributed by atoms with Gasteiger partial charge in [-0.3, -0.25) is 33.6 Å². The Morgan fingerprint density at radius 3 is 2.02 bits per heavy atom. The average Bonchev–Trinajstić information content (AvgIpc) is 3.49. The maximum Gasteiger partial charge on any atom is 0.305 e. The van der Waals surface area contributed by atoms with Crippen LogP contribution in [0, 0.1) is 0 Å². The van der Waals surface area contributed by atoms with Crippen molar-refractivity contribution in [3.8, 4) is 0 Å². The molecule has 0 aliphatic rings. The zero-order chi connectivity index (χ0) is 37.7. The van der Waals surface area contributed by atoms with E-state index < -0.39 is 84.5 Å². The molecule has 0 unspecified atom stereocenters. The number of carboxylic acid groups (broad SMARTS) is 2. The lowest BCUT2D eigenvalue weighted by atomic mass is 10.0. The van der Waals surface area contributed by atoms with Gasteiger partial charge < -0.3 is 47.5 Å². The van der Waals surface area contributed by atoms with Crippen molar-refractivity contribution in [2.75, 3.05) is 7.05 Å². The van der Waals surface area contributed by atoms with Crippen LogP contribution in [-0.4, -0.2) is 98.8 Å². The van der Waals surface area contributed by atoms with Crippen LogP contribution in [0.25, 0.3) is 10.9 Å². The van der Waals surface area contributed by atoms with E-state index >= 15 is 0 Å². The standard InChI is InChI=1S/C35H45N7O9/c1-3-4-14-28(34(50)40-26(18-30(45)46)33(49)39-25(31(37)47)15-20-10-6-5-7-11-20)42(2)35(51)27(41-32(48)23(36)17-29(43)44)16-21-19-38-24-13-9-8-12-22(21)24/h5-13,19,23,25-28,38H,3-4,14-18,36H2,1-2H3,(H2,37,47)(H,39,49)(H,40,50)(H,41,48)(H,43,44)(H,45,46)/t23-,25-,26-,27-,28-/m0/s1. The predicted molar refractivity (Wildman–Crippen MR) is 186 cm³/mol. The van der Waals surface area contributed by atoms with Gasteiger partial charge in [0.2, 0.25) is 29.5 Å². The summed E-state index contributed by atoms with van der Waals surface area (Å²) in [6.45, 7) is 1.86. The van der Waals surface area contributed by atoms with Gasteiger partial charge in [-0.15, -0.1) is 0 Å². The summed E-state index contributed by atoms with van der Waals surface area (Å²) in [4.78, 5) is 93.6. The van der Waals surface area contributed by atoms with Gasteiger partial charge in [-0.05, 0) is 23.6 Å². The number of nitrogens with zero attached hydrogens (tertiary/aromatic N) is 1. The molecule has 0 aliphatic carbocycles. The summed E-state index contributed by atoms with van der Waals surface area (Å²) in [7, 11) is 1.34. The fourth-order valence-corrected chi connectivity index (χ4v) is 5.57. The molecule has 0 saturated heterocycles. The van der Waals surface area contributed by atoms with Crippen LogP contribution in [0.3, 0.4) is 0 Å². The van der Waals surface area contributed by atoms with Gasteiger partial charge in [0.15, 0.2) is 0 Å². The zero-order valence-electron chi connectivity index (χ0n) is 28.5. The molecule has 0 aliphatic heterocycles. The molecule has 10 N–H and O–H groups in total. The number of H-pyrrole nitrogens is 1. The molecule has 0 saturated carbocycles. The van der Waals surface area contributed by atoms with E-state index in [-0.39, 0.29) is 19.3 Å². The van der Waals surface area contributed by atoms with Gasteiger partial charge in [0.25, 0.3) is 0 Å². The third kappa shape index (κ3) is 11.7. The largest absolute Gasteiger partial charge is 0.481 e. The Morgan fingerprint density at radius 2 is 1.39 bits per heavy atom. The number of amides is 5. The second-order valence-electron chi connectivity index (χ2n) is 12.2. The number of carbonyl (C=O) groups is 7. The SMILES string of the molecule is CCCC[C@@H](C(=O)N[C@@H](CC(=O)O)C(=O)N[C@@H](Cc1ccccc1)C(N)=O)N(C)C(=O)[C@H](Cc1c[nH]c2ccccc12)NC(=O)[C@@H](N)CC(=O)O. The molecule has 51 heavy (non-hydrogen) atoms. The van der Waals surface area contributed by atoms with E-state index in [0.717, 1.165) is 15.8 Å². The lowest BCUT2D eigenvalue weighted by Crippen LogP contribution is -2.59. The van der Waals surface area contributed by atoms with Crippen LogP contribution in [0.4, 0.5) is 0 Å². The highest BCUT2D eigenvalue weighted by molar-refractivity contribution is 5.97. The summed E-state index contributed by atoms with van der Waals surface area (Å²) in [5, 5.41) is 26.9. The molecule has 5 atom stereocenters. The van der Waals surface area contributed by atoms with Crippen LogP contribution in [0.2, 0.25) is 0 Å². The number of carbonyl (C=O) groups excluding carboxylic acids is 5. The monoisotopic (exact) mass is 707 g/mol. The average molecular weight is 708 g/mol. The van der Waals surface area contributed by atoms with Crippen LogP contribution in [0.15, 0.2) is 60.8 Å². The van der Waals surface area contributed by atoms with E-state index in [2.05, 4.69) is 20.9 Å². The van der Waals surface area contributed by atoms with Gasteiger partial charge in [0.05, 0.1) is 18.9 Å². The number of primary amides is 1. The van der Waals surface area contributed by atoms with Crippen molar-refractivity contribution in [1.82, 2.24) is 25.8 Å². The van der Waals surface area contributed by atoms with Gasteiger partial charge in [-0.2, -0.15) is 0 Å². The Morgan fingerprint density at radius 1 is 0.784 bits per heavy atom. The first-order valence-corrected chi connectivity index (χ1v) is 16.5. The molecular formula is C35H45N7O9. The fraction of sp³-hybridized carbons (Fsp3) is 0.400. The molecular weight excluding hydrogens is 662 g/mol. The number of hydrogen-bond acceptors (Lipinski definition) is 8. The van der Waals surface area contributed by atoms with Gasteiger partial charge in [0.1, 0.15) is 24.2 Å². The van der Waals surface area contributed by atoms with Crippen LogP contribution in [0.1, 0.15) is 50.2 Å². The molecule has 2 aromatic carbocycles. The topological polar surface area (TPSA) is 267 Å². The smallest absolute Gasteiger partial charge is 0.305 e. The van der Waals surface area contributed by atoms with E-state index in [1.165, 1.54) is 7.05 Å². The Hall–Kier alpha value is -5.77. The van der Waals surface area contributed by atoms with Crippen LogP contribution in [-0.2, 0) is 46.4 Å². The van der Waals surface area contributed by atoms with E-state index in [1.54, 1.807) is 42.6 Å². The fourth-order valence-electron chi connectivity index (χ4n) is 5.57. The van der Waals surface area contributed by atoms with E-state index in [4.69, 9.17) is 16.6 Å². The first-order chi connectivity index (χ1) is 24.2. The number of para-hydroxylation sites is 1. The summed E-state index contributed by atoms with van der Waals surface area (Å²) in [6, 6.07) is 9.08. The van der Waals surface area contributed by atoms with Crippen molar-refractivity contribution in [2.24, 2.45) is 11.5 Å². The maximum absolute atomic E-state index is 14.1. The third-order valence-corrected chi connectivity index (χ3v) is 8.35. The highest BCUT2D eigenvalue weighted by Crippen LogP contribution is 2.21. The van der Waals surface area contributed by atoms with Gasteiger partial charge in [-0.1, -0.05) is 68.3 Å². The summed E-state index contributed by atoms with van der Waals surface area (Å²) < 4.78 is 0. The first-order valence-electron chi connectivity index (χ1n) is 16.5. The van der Waals surface area contributed by atoms with E-state index in [0.29, 0.717) is 24.0 Å². The number of benzene rings is 2. The second kappa shape index (κ2) is 18.8. The van der Waals surface area contributed by atoms with Crippen molar-refractivity contribution >= 4 is 52.4 Å². The number of nitrogens with one attached hydrogen (secondary N) is 4. The summed E-state index contributed by atoms with van der Waals surface area (Å²) in [5.74, 6) is -7.02. The normalized spacial score (nSPS) is 13.9. The molecule has 5 amide bonds. The summed E-state index contributed by atoms with van der Waals surface area (Å²) in [5.41, 5.74) is 13.4. The number of aliphatic carboxylic acids is 2. The predicted octanol–water partition coefficient (Wildman–Crippen LogP) is 0.187. The lowest BCUT2D eigenvalue weighted by Gasteiger charge is -2.32. The summed E-state index contributed by atoms with van der Waals surface area (Å²) in [6.07, 6.45) is 1.28.